The van der Waals surface area contributed by atoms with E-state index in [-0.39, 0.29) is 5.91 Å². The molecule has 1 fully saturated rings. The lowest BCUT2D eigenvalue weighted by atomic mass is 9.98. The molecular formula is C16H22BrIN2O. The number of likely N-dealkylation sites (tertiary alicyclic amines) is 1. The summed E-state index contributed by atoms with van der Waals surface area (Å²) < 4.78 is 1.92. The molecule has 0 aromatic heterocycles. The molecule has 1 aliphatic heterocycles. The molecule has 1 aromatic carbocycles. The summed E-state index contributed by atoms with van der Waals surface area (Å²) in [4.78, 5) is 14.8. The summed E-state index contributed by atoms with van der Waals surface area (Å²) in [5.41, 5.74) is 0.740. The fourth-order valence-electron chi connectivity index (χ4n) is 2.61. The van der Waals surface area contributed by atoms with Crippen LogP contribution in [0.1, 0.15) is 37.0 Å². The minimum absolute atomic E-state index is 0.0120. The van der Waals surface area contributed by atoms with Crippen LogP contribution in [-0.4, -0.2) is 36.5 Å². The molecule has 0 aliphatic carbocycles. The number of carbonyl (C=O) groups excluding carboxylic acids is 1. The van der Waals surface area contributed by atoms with Crippen LogP contribution < -0.4 is 5.32 Å². The first-order valence-corrected chi connectivity index (χ1v) is 9.32. The Labute approximate surface area is 149 Å². The van der Waals surface area contributed by atoms with Gasteiger partial charge in [-0.15, -0.1) is 0 Å². The second-order valence-corrected chi connectivity index (χ2v) is 7.98. The zero-order chi connectivity index (χ0) is 15.4. The number of rotatable bonds is 4. The van der Waals surface area contributed by atoms with Gasteiger partial charge in [-0.25, -0.2) is 0 Å². The highest BCUT2D eigenvalue weighted by molar-refractivity contribution is 14.1. The van der Waals surface area contributed by atoms with Crippen LogP contribution >= 0.6 is 38.5 Å². The van der Waals surface area contributed by atoms with Gasteiger partial charge in [-0.1, -0.05) is 22.9 Å². The van der Waals surface area contributed by atoms with Gasteiger partial charge in [0.1, 0.15) is 0 Å². The normalized spacial score (nSPS) is 18.5. The molecule has 1 unspecified atom stereocenters. The summed E-state index contributed by atoms with van der Waals surface area (Å²) in [7, 11) is 0. The monoisotopic (exact) mass is 464 g/mol. The van der Waals surface area contributed by atoms with Crippen molar-refractivity contribution in [2.24, 2.45) is 5.92 Å². The van der Waals surface area contributed by atoms with Crippen molar-refractivity contribution in [2.45, 2.75) is 32.7 Å². The van der Waals surface area contributed by atoms with E-state index < -0.39 is 0 Å². The molecule has 0 radical (unpaired) electrons. The summed E-state index contributed by atoms with van der Waals surface area (Å²) in [6.07, 6.45) is 2.53. The van der Waals surface area contributed by atoms with E-state index in [2.05, 4.69) is 62.6 Å². The highest BCUT2D eigenvalue weighted by Gasteiger charge is 2.21. The molecule has 5 heteroatoms. The summed E-state index contributed by atoms with van der Waals surface area (Å²) in [6, 6.07) is 6.18. The number of benzene rings is 1. The maximum Gasteiger partial charge on any atom is 0.252 e. The van der Waals surface area contributed by atoms with E-state index >= 15 is 0 Å². The average Bonchev–Trinajstić information content (AvgIpc) is 2.47. The SMILES string of the molecule is CC1CCN(C(C)CNC(=O)c2cc(Br)ccc2I)CC1. The second-order valence-electron chi connectivity index (χ2n) is 5.90. The largest absolute Gasteiger partial charge is 0.350 e. The number of amides is 1. The number of nitrogens with one attached hydrogen (secondary N) is 1. The Morgan fingerprint density at radius 2 is 2.14 bits per heavy atom. The lowest BCUT2D eigenvalue weighted by Crippen LogP contribution is -2.45. The molecule has 1 heterocycles. The van der Waals surface area contributed by atoms with Gasteiger partial charge in [-0.3, -0.25) is 9.69 Å². The molecule has 2 rings (SSSR count). The molecule has 0 saturated carbocycles. The molecule has 116 valence electrons. The van der Waals surface area contributed by atoms with Gasteiger partial charge in [0.15, 0.2) is 0 Å². The van der Waals surface area contributed by atoms with Crippen molar-refractivity contribution in [3.8, 4) is 0 Å². The van der Waals surface area contributed by atoms with Gasteiger partial charge in [-0.05, 0) is 79.6 Å². The van der Waals surface area contributed by atoms with Crippen LogP contribution in [0.4, 0.5) is 0 Å². The van der Waals surface area contributed by atoms with Crippen LogP contribution in [-0.2, 0) is 0 Å². The van der Waals surface area contributed by atoms with Gasteiger partial charge in [0, 0.05) is 20.6 Å². The maximum absolute atomic E-state index is 12.3. The molecule has 3 nitrogen and oxygen atoms in total. The van der Waals surface area contributed by atoms with Crippen molar-refractivity contribution in [2.75, 3.05) is 19.6 Å². The predicted molar refractivity (Wildman–Crippen MR) is 98.6 cm³/mol. The summed E-state index contributed by atoms with van der Waals surface area (Å²) >= 11 is 5.62. The number of nitrogens with zero attached hydrogens (tertiary/aromatic N) is 1. The number of hydrogen-bond donors (Lipinski definition) is 1. The maximum atomic E-state index is 12.3. The number of hydrogen-bond acceptors (Lipinski definition) is 2. The standard InChI is InChI=1S/C16H22BrIN2O/c1-11-5-7-20(8-6-11)12(2)10-19-16(21)14-9-13(17)3-4-15(14)18/h3-4,9,11-12H,5-8,10H2,1-2H3,(H,19,21). The van der Waals surface area contributed by atoms with Crippen LogP contribution in [0.15, 0.2) is 22.7 Å². The number of carbonyl (C=O) groups is 1. The molecule has 21 heavy (non-hydrogen) atoms. The fourth-order valence-corrected chi connectivity index (χ4v) is 3.55. The van der Waals surface area contributed by atoms with E-state index in [1.807, 2.05) is 18.2 Å². The second kappa shape index (κ2) is 7.92. The Morgan fingerprint density at radius 3 is 2.81 bits per heavy atom. The van der Waals surface area contributed by atoms with E-state index in [0.29, 0.717) is 12.6 Å². The molecular weight excluding hydrogens is 443 g/mol. The van der Waals surface area contributed by atoms with Gasteiger partial charge in [-0.2, -0.15) is 0 Å². The minimum Gasteiger partial charge on any atom is -0.350 e. The molecule has 1 N–H and O–H groups in total. The zero-order valence-electron chi connectivity index (χ0n) is 12.5. The van der Waals surface area contributed by atoms with Crippen molar-refractivity contribution in [3.63, 3.8) is 0 Å². The van der Waals surface area contributed by atoms with Crippen molar-refractivity contribution < 1.29 is 4.79 Å². The lowest BCUT2D eigenvalue weighted by molar-refractivity contribution is 0.0921. The average molecular weight is 465 g/mol. The van der Waals surface area contributed by atoms with Crippen LogP contribution in [0.25, 0.3) is 0 Å². The van der Waals surface area contributed by atoms with E-state index in [0.717, 1.165) is 32.6 Å². The summed E-state index contributed by atoms with van der Waals surface area (Å²) in [5, 5.41) is 3.07. The van der Waals surface area contributed by atoms with Gasteiger partial charge < -0.3 is 5.32 Å². The first-order chi connectivity index (χ1) is 9.97. The van der Waals surface area contributed by atoms with Crippen LogP contribution in [0.2, 0.25) is 0 Å². The predicted octanol–water partition coefficient (Wildman–Crippen LogP) is 3.90. The van der Waals surface area contributed by atoms with E-state index in [9.17, 15) is 4.79 Å². The third kappa shape index (κ3) is 4.93. The molecule has 0 bridgehead atoms. The molecule has 1 amide bonds. The summed E-state index contributed by atoms with van der Waals surface area (Å²) in [6.45, 7) is 7.51. The van der Waals surface area contributed by atoms with Crippen molar-refractivity contribution >= 4 is 44.4 Å². The highest BCUT2D eigenvalue weighted by Crippen LogP contribution is 2.19. The fraction of sp³-hybridized carbons (Fsp3) is 0.562. The third-order valence-corrected chi connectivity index (χ3v) is 5.61. The molecule has 1 aliphatic rings. The quantitative estimate of drug-likeness (QED) is 0.685. The lowest BCUT2D eigenvalue weighted by Gasteiger charge is -2.35. The van der Waals surface area contributed by atoms with Crippen LogP contribution in [0, 0.1) is 9.49 Å². The number of piperidine rings is 1. The molecule has 0 spiro atoms. The van der Waals surface area contributed by atoms with Crippen molar-refractivity contribution in [1.29, 1.82) is 0 Å². The topological polar surface area (TPSA) is 32.3 Å². The Balaban J connectivity index is 1.87. The number of halogens is 2. The van der Waals surface area contributed by atoms with E-state index in [4.69, 9.17) is 0 Å². The van der Waals surface area contributed by atoms with Crippen LogP contribution in [0.3, 0.4) is 0 Å². The van der Waals surface area contributed by atoms with Gasteiger partial charge >= 0.3 is 0 Å². The van der Waals surface area contributed by atoms with Gasteiger partial charge in [0.05, 0.1) is 5.56 Å². The molecule has 1 aromatic rings. The Bertz CT molecular complexity index is 501. The Kier molecular flexibility index (Phi) is 6.50. The minimum atomic E-state index is 0.0120. The van der Waals surface area contributed by atoms with Crippen molar-refractivity contribution in [1.82, 2.24) is 10.2 Å². The van der Waals surface area contributed by atoms with E-state index in [1.165, 1.54) is 12.8 Å². The van der Waals surface area contributed by atoms with Gasteiger partial charge in [0.2, 0.25) is 0 Å². The van der Waals surface area contributed by atoms with Gasteiger partial charge in [0.25, 0.3) is 5.91 Å². The van der Waals surface area contributed by atoms with Crippen LogP contribution in [0.5, 0.6) is 0 Å². The molecule has 1 atom stereocenters. The first-order valence-electron chi connectivity index (χ1n) is 7.44. The third-order valence-electron chi connectivity index (χ3n) is 4.17. The van der Waals surface area contributed by atoms with E-state index in [1.54, 1.807) is 0 Å². The zero-order valence-corrected chi connectivity index (χ0v) is 16.3. The smallest absolute Gasteiger partial charge is 0.252 e. The molecule has 1 saturated heterocycles. The Hall–Kier alpha value is -0.140. The van der Waals surface area contributed by atoms with Crippen molar-refractivity contribution in [3.05, 3.63) is 31.8 Å². The Morgan fingerprint density at radius 1 is 1.48 bits per heavy atom. The first kappa shape index (κ1) is 17.2. The highest BCUT2D eigenvalue weighted by atomic mass is 127. The summed E-state index contributed by atoms with van der Waals surface area (Å²) in [5.74, 6) is 0.851.